The molecule has 0 radical (unpaired) electrons. The number of rotatable bonds is 3. The van der Waals surface area contributed by atoms with Crippen molar-refractivity contribution in [3.8, 4) is 0 Å². The molecule has 1 atom stereocenters. The van der Waals surface area contributed by atoms with Gasteiger partial charge in [0.25, 0.3) is 5.91 Å². The Bertz CT molecular complexity index is 950. The van der Waals surface area contributed by atoms with Crippen LogP contribution in [-0.2, 0) is 9.59 Å². The average molecular weight is 332 g/mol. The number of carbonyl (C=O) groups excluding carboxylic acids is 2. The number of para-hydroxylation sites is 1. The second kappa shape index (κ2) is 6.03. The van der Waals surface area contributed by atoms with Crippen LogP contribution in [0.1, 0.15) is 6.42 Å². The summed E-state index contributed by atoms with van der Waals surface area (Å²) in [7, 11) is 0. The van der Waals surface area contributed by atoms with Crippen LogP contribution < -0.4 is 9.96 Å². The van der Waals surface area contributed by atoms with Gasteiger partial charge in [-0.2, -0.15) is 0 Å². The van der Waals surface area contributed by atoms with Gasteiger partial charge in [-0.3, -0.25) is 14.8 Å². The predicted molar refractivity (Wildman–Crippen MR) is 95.6 cm³/mol. The summed E-state index contributed by atoms with van der Waals surface area (Å²) in [4.78, 5) is 26.6. The molecular formula is C20H16N2O3. The van der Waals surface area contributed by atoms with Gasteiger partial charge in [0.15, 0.2) is 0 Å². The average Bonchev–Trinajstić information content (AvgIpc) is 2.95. The molecule has 3 aromatic rings. The van der Waals surface area contributed by atoms with Gasteiger partial charge in [0, 0.05) is 5.39 Å². The van der Waals surface area contributed by atoms with Crippen molar-refractivity contribution >= 4 is 34.0 Å². The van der Waals surface area contributed by atoms with E-state index in [-0.39, 0.29) is 12.3 Å². The molecule has 1 heterocycles. The van der Waals surface area contributed by atoms with Crippen LogP contribution in [0.5, 0.6) is 0 Å². The Morgan fingerprint density at radius 2 is 1.56 bits per heavy atom. The molecule has 0 aromatic heterocycles. The molecule has 0 bridgehead atoms. The molecule has 4 rings (SSSR count). The topological polar surface area (TPSA) is 60.9 Å². The summed E-state index contributed by atoms with van der Waals surface area (Å²) in [6, 6.07) is 20.9. The highest BCUT2D eigenvalue weighted by Crippen LogP contribution is 2.32. The van der Waals surface area contributed by atoms with Gasteiger partial charge in [0.05, 0.1) is 17.8 Å². The minimum Gasteiger partial charge on any atom is -0.288 e. The lowest BCUT2D eigenvalue weighted by Crippen LogP contribution is -2.40. The van der Waals surface area contributed by atoms with Crippen LogP contribution >= 0.6 is 0 Å². The minimum atomic E-state index is -0.922. The lowest BCUT2D eigenvalue weighted by atomic mass is 10.1. The summed E-state index contributed by atoms with van der Waals surface area (Å²) < 4.78 is 0. The quantitative estimate of drug-likeness (QED) is 0.590. The second-order valence-corrected chi connectivity index (χ2v) is 5.97. The van der Waals surface area contributed by atoms with Crippen molar-refractivity contribution < 1.29 is 14.8 Å². The Kier molecular flexibility index (Phi) is 3.71. The summed E-state index contributed by atoms with van der Waals surface area (Å²) in [6.45, 7) is 0. The normalized spacial score (nSPS) is 17.3. The standard InChI is InChI=1S/C20H16N2O3/c23-19-13-18(22(25)15-9-2-1-3-10-15)20(24)21(19)17-12-6-8-14-7-4-5-11-16(14)17/h1-12,18,25H,13H2/t18-/m1/s1. The van der Waals surface area contributed by atoms with Crippen LogP contribution in [0.2, 0.25) is 0 Å². The number of imide groups is 1. The maximum absolute atomic E-state index is 12.9. The summed E-state index contributed by atoms with van der Waals surface area (Å²) in [6.07, 6.45) is -0.0621. The fourth-order valence-electron chi connectivity index (χ4n) is 3.22. The first-order valence-corrected chi connectivity index (χ1v) is 8.04. The fraction of sp³-hybridized carbons (Fsp3) is 0.100. The van der Waals surface area contributed by atoms with Crippen molar-refractivity contribution in [3.05, 3.63) is 72.8 Å². The van der Waals surface area contributed by atoms with E-state index in [2.05, 4.69) is 0 Å². The third-order valence-electron chi connectivity index (χ3n) is 4.45. The number of hydrogen-bond acceptors (Lipinski definition) is 4. The largest absolute Gasteiger partial charge is 0.288 e. The van der Waals surface area contributed by atoms with E-state index >= 15 is 0 Å². The number of nitrogens with zero attached hydrogens (tertiary/aromatic N) is 2. The summed E-state index contributed by atoms with van der Waals surface area (Å²) in [5, 5.41) is 13.1. The Labute approximate surface area is 144 Å². The van der Waals surface area contributed by atoms with E-state index in [1.165, 1.54) is 4.90 Å². The van der Waals surface area contributed by atoms with Gasteiger partial charge in [0.2, 0.25) is 5.91 Å². The molecule has 0 unspecified atom stereocenters. The van der Waals surface area contributed by atoms with Gasteiger partial charge in [-0.05, 0) is 23.6 Å². The Balaban J connectivity index is 1.72. The molecule has 2 amide bonds. The van der Waals surface area contributed by atoms with Gasteiger partial charge in [0.1, 0.15) is 6.04 Å². The third kappa shape index (κ3) is 2.55. The smallest absolute Gasteiger partial charge is 0.259 e. The number of amides is 2. The van der Waals surface area contributed by atoms with Crippen molar-refractivity contribution in [2.45, 2.75) is 12.5 Å². The number of fused-ring (bicyclic) bond motifs is 1. The van der Waals surface area contributed by atoms with Crippen LogP contribution in [0.4, 0.5) is 11.4 Å². The number of anilines is 2. The van der Waals surface area contributed by atoms with Crippen LogP contribution in [-0.4, -0.2) is 23.1 Å². The van der Waals surface area contributed by atoms with Crippen LogP contribution in [0.15, 0.2) is 72.8 Å². The second-order valence-electron chi connectivity index (χ2n) is 5.97. The highest BCUT2D eigenvalue weighted by Gasteiger charge is 2.43. The number of hydroxylamine groups is 1. The first-order chi connectivity index (χ1) is 12.2. The SMILES string of the molecule is O=C1C[C@@H](N(O)c2ccccc2)C(=O)N1c1cccc2ccccc12. The zero-order valence-corrected chi connectivity index (χ0v) is 13.4. The Morgan fingerprint density at radius 1 is 0.880 bits per heavy atom. The van der Waals surface area contributed by atoms with Crippen LogP contribution in [0.3, 0.4) is 0 Å². The van der Waals surface area contributed by atoms with Gasteiger partial charge in [-0.25, -0.2) is 9.96 Å². The predicted octanol–water partition coefficient (Wildman–Crippen LogP) is 3.37. The van der Waals surface area contributed by atoms with E-state index in [4.69, 9.17) is 0 Å². The molecule has 1 saturated heterocycles. The van der Waals surface area contributed by atoms with Crippen molar-refractivity contribution in [2.24, 2.45) is 0 Å². The molecule has 0 saturated carbocycles. The highest BCUT2D eigenvalue weighted by molar-refractivity contribution is 6.25. The molecule has 124 valence electrons. The zero-order chi connectivity index (χ0) is 17.4. The summed E-state index contributed by atoms with van der Waals surface area (Å²) in [5.41, 5.74) is 1.03. The van der Waals surface area contributed by atoms with E-state index in [9.17, 15) is 14.8 Å². The third-order valence-corrected chi connectivity index (χ3v) is 4.45. The number of benzene rings is 3. The van der Waals surface area contributed by atoms with E-state index < -0.39 is 11.9 Å². The molecule has 1 aliphatic heterocycles. The summed E-state index contributed by atoms with van der Waals surface area (Å²) in [5.74, 6) is -0.742. The van der Waals surface area contributed by atoms with Crippen molar-refractivity contribution in [1.29, 1.82) is 0 Å². The lowest BCUT2D eigenvalue weighted by molar-refractivity contribution is -0.121. The minimum absolute atomic E-state index is 0.0621. The highest BCUT2D eigenvalue weighted by atomic mass is 16.5. The fourth-order valence-corrected chi connectivity index (χ4v) is 3.22. The maximum Gasteiger partial charge on any atom is 0.259 e. The molecule has 0 aliphatic carbocycles. The molecule has 3 aromatic carbocycles. The molecule has 5 nitrogen and oxygen atoms in total. The van der Waals surface area contributed by atoms with Gasteiger partial charge in [-0.1, -0.05) is 54.6 Å². The van der Waals surface area contributed by atoms with E-state index in [1.54, 1.807) is 30.3 Å². The molecule has 1 aliphatic rings. The first-order valence-electron chi connectivity index (χ1n) is 8.04. The first kappa shape index (κ1) is 15.4. The lowest BCUT2D eigenvalue weighted by Gasteiger charge is -2.23. The van der Waals surface area contributed by atoms with Crippen LogP contribution in [0, 0.1) is 0 Å². The number of carbonyl (C=O) groups is 2. The maximum atomic E-state index is 12.9. The van der Waals surface area contributed by atoms with E-state index in [0.717, 1.165) is 15.8 Å². The van der Waals surface area contributed by atoms with Crippen LogP contribution in [0.25, 0.3) is 10.8 Å². The van der Waals surface area contributed by atoms with E-state index in [1.807, 2.05) is 42.5 Å². The van der Waals surface area contributed by atoms with Gasteiger partial charge >= 0.3 is 0 Å². The summed E-state index contributed by atoms with van der Waals surface area (Å²) >= 11 is 0. The number of hydrogen-bond donors (Lipinski definition) is 1. The molecule has 5 heteroatoms. The Morgan fingerprint density at radius 3 is 2.36 bits per heavy atom. The molecule has 1 N–H and O–H groups in total. The molecule has 0 spiro atoms. The Hall–Kier alpha value is -3.18. The van der Waals surface area contributed by atoms with Crippen molar-refractivity contribution in [2.75, 3.05) is 9.96 Å². The van der Waals surface area contributed by atoms with E-state index in [0.29, 0.717) is 11.4 Å². The molecular weight excluding hydrogens is 316 g/mol. The zero-order valence-electron chi connectivity index (χ0n) is 13.4. The monoisotopic (exact) mass is 332 g/mol. The van der Waals surface area contributed by atoms with Gasteiger partial charge < -0.3 is 0 Å². The van der Waals surface area contributed by atoms with Crippen molar-refractivity contribution in [3.63, 3.8) is 0 Å². The van der Waals surface area contributed by atoms with Gasteiger partial charge in [-0.15, -0.1) is 0 Å². The molecule has 25 heavy (non-hydrogen) atoms. The van der Waals surface area contributed by atoms with Crippen molar-refractivity contribution in [1.82, 2.24) is 0 Å². The molecule has 1 fully saturated rings.